The molecule has 6 unspecified atom stereocenters. The Labute approximate surface area is 93.7 Å². The van der Waals surface area contributed by atoms with Crippen LogP contribution in [0.25, 0.3) is 0 Å². The van der Waals surface area contributed by atoms with Gasteiger partial charge in [-0.05, 0) is 0 Å². The number of aliphatic hydroxyl groups is 3. The molecule has 1 fully saturated rings. The first kappa shape index (κ1) is 13.8. The van der Waals surface area contributed by atoms with Crippen molar-refractivity contribution in [2.45, 2.75) is 31.5 Å². The normalized spacial score (nSPS) is 43.9. The van der Waals surface area contributed by atoms with Gasteiger partial charge in [0, 0.05) is 11.8 Å². The van der Waals surface area contributed by atoms with E-state index >= 15 is 0 Å². The first-order valence-electron chi connectivity index (χ1n) is 4.66. The van der Waals surface area contributed by atoms with Gasteiger partial charge in [-0.1, -0.05) is 6.92 Å². The quantitative estimate of drug-likeness (QED) is 0.439. The maximum absolute atomic E-state index is 10.7. The molecule has 1 aliphatic rings. The molecule has 0 aliphatic carbocycles. The fourth-order valence-corrected chi connectivity index (χ4v) is 1.74. The maximum Gasteiger partial charge on any atom is 0.195 e. The van der Waals surface area contributed by atoms with Gasteiger partial charge in [-0.3, -0.25) is 8.74 Å². The van der Waals surface area contributed by atoms with E-state index in [1.165, 1.54) is 6.92 Å². The van der Waals surface area contributed by atoms with E-state index < -0.39 is 47.2 Å². The highest BCUT2D eigenvalue weighted by atomic mass is 32.2. The summed E-state index contributed by atoms with van der Waals surface area (Å²) in [5.41, 5.74) is 0. The Morgan fingerprint density at radius 3 is 2.44 bits per heavy atom. The smallest absolute Gasteiger partial charge is 0.195 e. The predicted molar refractivity (Wildman–Crippen MR) is 55.9 cm³/mol. The average molecular weight is 256 g/mol. The van der Waals surface area contributed by atoms with E-state index in [2.05, 4.69) is 10.1 Å². The third-order valence-corrected chi connectivity index (χ3v) is 2.95. The molecule has 16 heavy (non-hydrogen) atoms. The first-order valence-corrected chi connectivity index (χ1v) is 6.27. The summed E-state index contributed by atoms with van der Waals surface area (Å²) in [7, 11) is -3.65. The van der Waals surface area contributed by atoms with Crippen LogP contribution in [0.5, 0.6) is 0 Å². The number of hydrogen-bond donors (Lipinski definition) is 4. The number of rotatable bonds is 3. The molecule has 8 heteroatoms. The number of aliphatic hydroxyl groups excluding tert-OH is 3. The monoisotopic (exact) mass is 256 g/mol. The Morgan fingerprint density at radius 1 is 1.38 bits per heavy atom. The van der Waals surface area contributed by atoms with Crippen LogP contribution in [0.3, 0.4) is 0 Å². The van der Waals surface area contributed by atoms with Crippen molar-refractivity contribution < 1.29 is 33.0 Å². The van der Waals surface area contributed by atoms with Crippen LogP contribution in [0.2, 0.25) is 0 Å². The molecule has 0 spiro atoms. The molecule has 6 atom stereocenters. The van der Waals surface area contributed by atoms with Gasteiger partial charge in [0.15, 0.2) is 16.4 Å². The van der Waals surface area contributed by atoms with Crippen LogP contribution in [0.1, 0.15) is 6.92 Å². The molecule has 1 saturated heterocycles. The first-order chi connectivity index (χ1) is 7.22. The molecular weight excluding hydrogens is 240 g/mol. The Kier molecular flexibility index (Phi) is 4.29. The number of hydrogen-bond acceptors (Lipinski definition) is 6. The Bertz CT molecular complexity index is 327. The molecule has 4 N–H and O–H groups in total. The molecule has 0 bridgehead atoms. The van der Waals surface area contributed by atoms with E-state index in [4.69, 9.17) is 9.29 Å². The zero-order valence-electron chi connectivity index (χ0n) is 8.72. The van der Waals surface area contributed by atoms with Crippen LogP contribution in [0.4, 0.5) is 0 Å². The van der Waals surface area contributed by atoms with Crippen molar-refractivity contribution in [2.75, 3.05) is 6.61 Å². The Balaban J connectivity index is 2.61. The third-order valence-electron chi connectivity index (χ3n) is 2.45. The average Bonchev–Trinajstić information content (AvgIpc) is 2.17. The Morgan fingerprint density at radius 2 is 1.94 bits per heavy atom. The second-order valence-electron chi connectivity index (χ2n) is 3.77. The lowest BCUT2D eigenvalue weighted by Crippen LogP contribution is -2.55. The molecule has 1 rings (SSSR count). The van der Waals surface area contributed by atoms with Crippen LogP contribution >= 0.6 is 0 Å². The summed E-state index contributed by atoms with van der Waals surface area (Å²) in [5.74, 6) is 2.18. The van der Waals surface area contributed by atoms with Gasteiger partial charge in [0.25, 0.3) is 0 Å². The summed E-state index contributed by atoms with van der Waals surface area (Å²) < 4.78 is 28.8. The topological polar surface area (TPSA) is 116 Å². The predicted octanol–water partition coefficient (Wildman–Crippen LogP) is -1.82. The molecule has 1 heterocycles. The molecule has 96 valence electrons. The van der Waals surface area contributed by atoms with Crippen LogP contribution < -0.4 is 0 Å². The van der Waals surface area contributed by atoms with Crippen molar-refractivity contribution in [3.63, 3.8) is 0 Å². The standard InChI is InChI=1S/C8H16O7S/c1-4-6(9)7(10)5(15-8(4)11)3-14-16(2,12)13/h4-11H,2-3H2,1H3,(H,12,13). The molecule has 0 radical (unpaired) electrons. The number of ether oxygens (including phenoxy) is 1. The minimum Gasteiger partial charge on any atom is -0.390 e. The minimum absolute atomic E-state index is 0.444. The maximum atomic E-state index is 10.7. The van der Waals surface area contributed by atoms with Gasteiger partial charge in [0.05, 0.1) is 12.7 Å². The van der Waals surface area contributed by atoms with E-state index in [0.29, 0.717) is 0 Å². The van der Waals surface area contributed by atoms with E-state index in [1.54, 1.807) is 0 Å². The Hall–Kier alpha value is -0.220. The van der Waals surface area contributed by atoms with Crippen LogP contribution in [0, 0.1) is 5.92 Å². The highest BCUT2D eigenvalue weighted by Crippen LogP contribution is 2.24. The van der Waals surface area contributed by atoms with Gasteiger partial charge >= 0.3 is 0 Å². The lowest BCUT2D eigenvalue weighted by atomic mass is 9.93. The summed E-state index contributed by atoms with van der Waals surface area (Å²) in [5, 5.41) is 28.5. The molecule has 0 aromatic rings. The van der Waals surface area contributed by atoms with Crippen LogP contribution in [0.15, 0.2) is 0 Å². The fraction of sp³-hybridized carbons (Fsp3) is 0.875. The molecule has 7 nitrogen and oxygen atoms in total. The zero-order chi connectivity index (χ0) is 12.5. The van der Waals surface area contributed by atoms with Gasteiger partial charge in [0.2, 0.25) is 0 Å². The third kappa shape index (κ3) is 3.39. The summed E-state index contributed by atoms with van der Waals surface area (Å²) in [6.07, 6.45) is -4.81. The van der Waals surface area contributed by atoms with E-state index in [1.807, 2.05) is 0 Å². The van der Waals surface area contributed by atoms with Crippen molar-refractivity contribution >= 4 is 16.0 Å². The fourth-order valence-electron chi connectivity index (χ4n) is 1.39. The van der Waals surface area contributed by atoms with Crippen molar-refractivity contribution in [3.05, 3.63) is 0 Å². The van der Waals surface area contributed by atoms with Gasteiger partial charge in [-0.15, -0.1) is 0 Å². The largest absolute Gasteiger partial charge is 0.390 e. The van der Waals surface area contributed by atoms with E-state index in [-0.39, 0.29) is 0 Å². The molecular formula is C8H16O7S. The van der Waals surface area contributed by atoms with Crippen molar-refractivity contribution in [1.82, 2.24) is 0 Å². The lowest BCUT2D eigenvalue weighted by Gasteiger charge is -2.38. The molecule has 0 aromatic heterocycles. The van der Waals surface area contributed by atoms with Gasteiger partial charge in [0.1, 0.15) is 12.2 Å². The van der Waals surface area contributed by atoms with Gasteiger partial charge in [-0.25, -0.2) is 4.21 Å². The second-order valence-corrected chi connectivity index (χ2v) is 5.17. The SMILES string of the molecule is C=S(=O)(O)OCC1OC(O)C(C)C(O)C1O. The summed E-state index contributed by atoms with van der Waals surface area (Å²) >= 11 is 0. The lowest BCUT2D eigenvalue weighted by molar-refractivity contribution is -0.264. The summed E-state index contributed by atoms with van der Waals surface area (Å²) in [6, 6.07) is 0. The van der Waals surface area contributed by atoms with Crippen LogP contribution in [-0.4, -0.2) is 61.2 Å². The van der Waals surface area contributed by atoms with Crippen LogP contribution in [-0.2, 0) is 19.0 Å². The minimum atomic E-state index is -3.65. The molecule has 0 saturated carbocycles. The molecule has 1 aliphatic heterocycles. The van der Waals surface area contributed by atoms with Crippen molar-refractivity contribution in [3.8, 4) is 0 Å². The zero-order valence-corrected chi connectivity index (χ0v) is 9.54. The molecule has 0 amide bonds. The second kappa shape index (κ2) is 4.96. The summed E-state index contributed by atoms with van der Waals surface area (Å²) in [4.78, 5) is 0. The van der Waals surface area contributed by atoms with E-state index in [0.717, 1.165) is 0 Å². The van der Waals surface area contributed by atoms with E-state index in [9.17, 15) is 19.5 Å². The van der Waals surface area contributed by atoms with Crippen molar-refractivity contribution in [2.24, 2.45) is 5.92 Å². The van der Waals surface area contributed by atoms with Crippen molar-refractivity contribution in [1.29, 1.82) is 0 Å². The molecule has 0 aromatic carbocycles. The van der Waals surface area contributed by atoms with Gasteiger partial charge < -0.3 is 20.1 Å². The highest BCUT2D eigenvalue weighted by molar-refractivity contribution is 7.90. The highest BCUT2D eigenvalue weighted by Gasteiger charge is 2.41. The summed E-state index contributed by atoms with van der Waals surface area (Å²) in [6.45, 7) is 1.06. The van der Waals surface area contributed by atoms with Gasteiger partial charge in [-0.2, -0.15) is 0 Å².